The fraction of sp³-hybridized carbons (Fsp3) is 1.00. The molecule has 0 aromatic heterocycles. The van der Waals surface area contributed by atoms with E-state index >= 15 is 0 Å². The van der Waals surface area contributed by atoms with Crippen LogP contribution < -0.4 is 5.73 Å². The van der Waals surface area contributed by atoms with Crippen LogP contribution in [-0.4, -0.2) is 19.8 Å². The molecule has 2 bridgehead atoms. The molecule has 3 aliphatic carbocycles. The zero-order valence-corrected chi connectivity index (χ0v) is 10.5. The number of fused-ring (bicyclic) bond motifs is 3. The van der Waals surface area contributed by atoms with Gasteiger partial charge in [0.15, 0.2) is 0 Å². The van der Waals surface area contributed by atoms with Gasteiger partial charge >= 0.3 is 0 Å². The first kappa shape index (κ1) is 11.0. The summed E-state index contributed by atoms with van der Waals surface area (Å²) in [4.78, 5) is 0. The quantitative estimate of drug-likeness (QED) is 0.781. The highest BCUT2D eigenvalue weighted by atomic mass is 16.5. The third kappa shape index (κ3) is 1.46. The maximum absolute atomic E-state index is 6.55. The van der Waals surface area contributed by atoms with Gasteiger partial charge in [-0.1, -0.05) is 6.42 Å². The predicted octanol–water partition coefficient (Wildman–Crippen LogP) is 2.57. The molecule has 92 valence electrons. The van der Waals surface area contributed by atoms with E-state index in [9.17, 15) is 0 Å². The summed E-state index contributed by atoms with van der Waals surface area (Å²) in [6, 6.07) is 0.505. The lowest BCUT2D eigenvalue weighted by molar-refractivity contribution is 0.0196. The first-order chi connectivity index (χ1) is 7.76. The Hall–Kier alpha value is -0.0800. The summed E-state index contributed by atoms with van der Waals surface area (Å²) in [5.74, 6) is 2.59. The van der Waals surface area contributed by atoms with Crippen LogP contribution in [0.1, 0.15) is 44.9 Å². The van der Waals surface area contributed by atoms with Gasteiger partial charge in [0.1, 0.15) is 0 Å². The second-order valence-corrected chi connectivity index (χ2v) is 6.45. The van der Waals surface area contributed by atoms with Crippen molar-refractivity contribution in [3.05, 3.63) is 0 Å². The Bertz CT molecular complexity index is 261. The summed E-state index contributed by atoms with van der Waals surface area (Å²) in [7, 11) is 1.84. The minimum Gasteiger partial charge on any atom is -0.384 e. The average molecular weight is 223 g/mol. The number of hydrogen-bond acceptors (Lipinski definition) is 2. The maximum Gasteiger partial charge on any atom is 0.0490 e. The van der Waals surface area contributed by atoms with Crippen LogP contribution in [0.4, 0.5) is 0 Å². The lowest BCUT2D eigenvalue weighted by Gasteiger charge is -2.47. The summed E-state index contributed by atoms with van der Waals surface area (Å²) in [5, 5.41) is 0. The highest BCUT2D eigenvalue weighted by Crippen LogP contribution is 2.61. The van der Waals surface area contributed by atoms with E-state index in [0.717, 1.165) is 24.4 Å². The SMILES string of the molecule is COC[C@H]1CCC[C@@]2(C1)[C@H]1CC[C@H](C1)[C@@H]2N. The van der Waals surface area contributed by atoms with E-state index < -0.39 is 0 Å². The van der Waals surface area contributed by atoms with E-state index in [4.69, 9.17) is 10.5 Å². The highest BCUT2D eigenvalue weighted by Gasteiger charge is 2.57. The number of hydrogen-bond donors (Lipinski definition) is 1. The maximum atomic E-state index is 6.55. The van der Waals surface area contributed by atoms with Gasteiger partial charge in [-0.2, -0.15) is 0 Å². The van der Waals surface area contributed by atoms with Crippen LogP contribution in [0.15, 0.2) is 0 Å². The van der Waals surface area contributed by atoms with Crippen LogP contribution in [0.5, 0.6) is 0 Å². The van der Waals surface area contributed by atoms with E-state index in [2.05, 4.69) is 0 Å². The summed E-state index contributed by atoms with van der Waals surface area (Å²) in [6.07, 6.45) is 9.78. The molecule has 2 N–H and O–H groups in total. The lowest BCUT2D eigenvalue weighted by Crippen LogP contribution is -2.49. The van der Waals surface area contributed by atoms with Crippen molar-refractivity contribution in [2.75, 3.05) is 13.7 Å². The van der Waals surface area contributed by atoms with E-state index in [1.165, 1.54) is 44.9 Å². The molecule has 0 aromatic carbocycles. The molecule has 0 aromatic rings. The van der Waals surface area contributed by atoms with Gasteiger partial charge in [0.2, 0.25) is 0 Å². The van der Waals surface area contributed by atoms with Crippen molar-refractivity contribution in [2.45, 2.75) is 51.0 Å². The molecule has 3 saturated carbocycles. The minimum absolute atomic E-state index is 0.505. The standard InChI is InChI=1S/C14H25NO/c1-16-9-10-3-2-6-14(8-10)12-5-4-11(7-12)13(14)15/h10-13H,2-9,15H2,1H3/t10-,11+,12-,13-,14+/m0/s1. The lowest BCUT2D eigenvalue weighted by atomic mass is 9.60. The van der Waals surface area contributed by atoms with Crippen molar-refractivity contribution in [3.8, 4) is 0 Å². The van der Waals surface area contributed by atoms with Crippen LogP contribution in [0.3, 0.4) is 0 Å². The van der Waals surface area contributed by atoms with E-state index in [1.54, 1.807) is 0 Å². The van der Waals surface area contributed by atoms with Gasteiger partial charge in [0.25, 0.3) is 0 Å². The third-order valence-electron chi connectivity index (χ3n) is 5.78. The molecule has 3 aliphatic rings. The van der Waals surface area contributed by atoms with E-state index in [0.29, 0.717) is 11.5 Å². The fourth-order valence-corrected chi connectivity index (χ4v) is 5.12. The molecule has 0 aliphatic heterocycles. The zero-order valence-electron chi connectivity index (χ0n) is 10.5. The molecule has 0 unspecified atom stereocenters. The Kier molecular flexibility index (Phi) is 2.75. The minimum atomic E-state index is 0.505. The molecule has 0 heterocycles. The molecular weight excluding hydrogens is 198 g/mol. The van der Waals surface area contributed by atoms with Crippen molar-refractivity contribution in [1.82, 2.24) is 0 Å². The molecule has 0 amide bonds. The van der Waals surface area contributed by atoms with Crippen LogP contribution in [0.2, 0.25) is 0 Å². The molecule has 5 atom stereocenters. The van der Waals surface area contributed by atoms with Crippen molar-refractivity contribution in [1.29, 1.82) is 0 Å². The normalized spacial score (nSPS) is 51.4. The Balaban J connectivity index is 1.77. The zero-order chi connectivity index (χ0) is 11.2. The van der Waals surface area contributed by atoms with Gasteiger partial charge in [-0.05, 0) is 61.7 Å². The molecule has 1 spiro atoms. The van der Waals surface area contributed by atoms with Crippen molar-refractivity contribution >= 4 is 0 Å². The van der Waals surface area contributed by atoms with Crippen LogP contribution in [-0.2, 0) is 4.74 Å². The largest absolute Gasteiger partial charge is 0.384 e. The van der Waals surface area contributed by atoms with Crippen molar-refractivity contribution in [2.24, 2.45) is 28.9 Å². The van der Waals surface area contributed by atoms with Gasteiger partial charge in [-0.3, -0.25) is 0 Å². The summed E-state index contributed by atoms with van der Waals surface area (Å²) >= 11 is 0. The first-order valence-electron chi connectivity index (χ1n) is 7.01. The molecular formula is C14H25NO. The molecule has 0 saturated heterocycles. The van der Waals surface area contributed by atoms with Crippen molar-refractivity contribution in [3.63, 3.8) is 0 Å². The number of methoxy groups -OCH3 is 1. The molecule has 2 heteroatoms. The fourth-order valence-electron chi connectivity index (χ4n) is 5.12. The Morgan fingerprint density at radius 3 is 2.88 bits per heavy atom. The number of ether oxygens (including phenoxy) is 1. The summed E-state index contributed by atoms with van der Waals surface area (Å²) in [5.41, 5.74) is 7.07. The van der Waals surface area contributed by atoms with Gasteiger partial charge in [-0.25, -0.2) is 0 Å². The van der Waals surface area contributed by atoms with Gasteiger partial charge < -0.3 is 10.5 Å². The molecule has 16 heavy (non-hydrogen) atoms. The predicted molar refractivity (Wildman–Crippen MR) is 65.1 cm³/mol. The Labute approximate surface area is 98.9 Å². The third-order valence-corrected chi connectivity index (χ3v) is 5.78. The monoisotopic (exact) mass is 223 g/mol. The average Bonchev–Trinajstić information content (AvgIpc) is 2.84. The second-order valence-electron chi connectivity index (χ2n) is 6.45. The van der Waals surface area contributed by atoms with Gasteiger partial charge in [0, 0.05) is 19.8 Å². The van der Waals surface area contributed by atoms with E-state index in [1.807, 2.05) is 7.11 Å². The summed E-state index contributed by atoms with van der Waals surface area (Å²) in [6.45, 7) is 0.950. The number of rotatable bonds is 2. The Morgan fingerprint density at radius 2 is 2.19 bits per heavy atom. The number of nitrogens with two attached hydrogens (primary N) is 1. The molecule has 2 nitrogen and oxygen atoms in total. The van der Waals surface area contributed by atoms with Crippen LogP contribution >= 0.6 is 0 Å². The summed E-state index contributed by atoms with van der Waals surface area (Å²) < 4.78 is 5.36. The topological polar surface area (TPSA) is 35.2 Å². The molecule has 3 rings (SSSR count). The van der Waals surface area contributed by atoms with Gasteiger partial charge in [-0.15, -0.1) is 0 Å². The first-order valence-corrected chi connectivity index (χ1v) is 7.01. The molecule has 0 radical (unpaired) electrons. The van der Waals surface area contributed by atoms with Crippen LogP contribution in [0, 0.1) is 23.2 Å². The highest BCUT2D eigenvalue weighted by molar-refractivity contribution is 5.10. The Morgan fingerprint density at radius 1 is 1.31 bits per heavy atom. The van der Waals surface area contributed by atoms with Crippen molar-refractivity contribution < 1.29 is 4.74 Å². The van der Waals surface area contributed by atoms with E-state index in [-0.39, 0.29) is 0 Å². The van der Waals surface area contributed by atoms with Gasteiger partial charge in [0.05, 0.1) is 0 Å². The smallest absolute Gasteiger partial charge is 0.0490 e. The van der Waals surface area contributed by atoms with Crippen LogP contribution in [0.25, 0.3) is 0 Å². The second kappa shape index (κ2) is 3.99. The molecule has 3 fully saturated rings.